The molecule has 18 heavy (non-hydrogen) atoms. The minimum Gasteiger partial charge on any atom is -0.477 e. The van der Waals surface area contributed by atoms with Gasteiger partial charge in [0.05, 0.1) is 18.4 Å². The second-order valence-electron chi connectivity index (χ2n) is 4.29. The van der Waals surface area contributed by atoms with Gasteiger partial charge in [-0.1, -0.05) is 0 Å². The highest BCUT2D eigenvalue weighted by molar-refractivity contribution is 5.86. The molecule has 1 aromatic heterocycles. The fourth-order valence-corrected chi connectivity index (χ4v) is 1.41. The monoisotopic (exact) mass is 251 g/mol. The van der Waals surface area contributed by atoms with Crippen molar-refractivity contribution >= 4 is 17.6 Å². The molecule has 0 aromatic carbocycles. The van der Waals surface area contributed by atoms with Crippen molar-refractivity contribution in [1.82, 2.24) is 10.3 Å². The normalized spacial score (nSPS) is 10.2. The molecule has 0 aliphatic rings. The molecule has 1 amide bonds. The Morgan fingerprint density at radius 1 is 1.44 bits per heavy atom. The van der Waals surface area contributed by atoms with Crippen molar-refractivity contribution in [2.45, 2.75) is 19.9 Å². The first kappa shape index (κ1) is 14.0. The van der Waals surface area contributed by atoms with Gasteiger partial charge >= 0.3 is 5.97 Å². The molecule has 0 aliphatic heterocycles. The molecule has 0 fully saturated rings. The number of carboxylic acids is 1. The molecule has 2 N–H and O–H groups in total. The molecule has 0 saturated heterocycles. The van der Waals surface area contributed by atoms with Crippen molar-refractivity contribution in [3.05, 3.63) is 24.0 Å². The van der Waals surface area contributed by atoms with Crippen LogP contribution in [0.5, 0.6) is 0 Å². The van der Waals surface area contributed by atoms with Crippen LogP contribution in [0.3, 0.4) is 0 Å². The summed E-state index contributed by atoms with van der Waals surface area (Å²) in [5, 5.41) is 11.5. The second-order valence-corrected chi connectivity index (χ2v) is 4.29. The van der Waals surface area contributed by atoms with Crippen LogP contribution in [-0.4, -0.2) is 41.6 Å². The first-order valence-electron chi connectivity index (χ1n) is 5.60. The first-order valence-corrected chi connectivity index (χ1v) is 5.60. The van der Waals surface area contributed by atoms with Crippen molar-refractivity contribution in [3.8, 4) is 0 Å². The van der Waals surface area contributed by atoms with Gasteiger partial charge in [-0.3, -0.25) is 4.79 Å². The molecular weight excluding hydrogens is 234 g/mol. The number of likely N-dealkylation sites (N-methyl/N-ethyl adjacent to an activating group) is 1. The van der Waals surface area contributed by atoms with E-state index in [9.17, 15) is 9.59 Å². The number of carboxylic acid groups (broad SMARTS) is 1. The summed E-state index contributed by atoms with van der Waals surface area (Å²) >= 11 is 0. The molecule has 0 bridgehead atoms. The number of carbonyl (C=O) groups is 2. The molecular formula is C12H17N3O3. The predicted molar refractivity (Wildman–Crippen MR) is 67.7 cm³/mol. The molecule has 98 valence electrons. The zero-order valence-electron chi connectivity index (χ0n) is 10.7. The zero-order valence-corrected chi connectivity index (χ0v) is 10.7. The Balaban J connectivity index is 2.64. The molecule has 1 heterocycles. The fourth-order valence-electron chi connectivity index (χ4n) is 1.41. The highest BCUT2D eigenvalue weighted by atomic mass is 16.4. The molecule has 0 spiro atoms. The maximum atomic E-state index is 11.5. The second kappa shape index (κ2) is 6.00. The van der Waals surface area contributed by atoms with Crippen LogP contribution < -0.4 is 10.2 Å². The van der Waals surface area contributed by atoms with Crippen LogP contribution >= 0.6 is 0 Å². The van der Waals surface area contributed by atoms with E-state index in [-0.39, 0.29) is 24.2 Å². The van der Waals surface area contributed by atoms with Crippen LogP contribution in [0.2, 0.25) is 0 Å². The largest absolute Gasteiger partial charge is 0.477 e. The van der Waals surface area contributed by atoms with Gasteiger partial charge in [0.2, 0.25) is 5.91 Å². The van der Waals surface area contributed by atoms with Gasteiger partial charge in [-0.25, -0.2) is 9.78 Å². The molecule has 6 nitrogen and oxygen atoms in total. The van der Waals surface area contributed by atoms with Gasteiger partial charge in [-0.05, 0) is 26.0 Å². The van der Waals surface area contributed by atoms with Gasteiger partial charge in [-0.15, -0.1) is 0 Å². The number of aromatic carboxylic acids is 1. The summed E-state index contributed by atoms with van der Waals surface area (Å²) < 4.78 is 0. The Morgan fingerprint density at radius 3 is 2.56 bits per heavy atom. The van der Waals surface area contributed by atoms with Crippen LogP contribution in [0.4, 0.5) is 5.69 Å². The van der Waals surface area contributed by atoms with Gasteiger partial charge in [0.1, 0.15) is 5.69 Å². The third-order valence-electron chi connectivity index (χ3n) is 2.24. The van der Waals surface area contributed by atoms with E-state index in [0.29, 0.717) is 5.69 Å². The number of anilines is 1. The minimum atomic E-state index is -1.07. The topological polar surface area (TPSA) is 82.5 Å². The van der Waals surface area contributed by atoms with E-state index >= 15 is 0 Å². The van der Waals surface area contributed by atoms with Crippen LogP contribution in [0, 0.1) is 0 Å². The van der Waals surface area contributed by atoms with Crippen molar-refractivity contribution in [2.24, 2.45) is 0 Å². The summed E-state index contributed by atoms with van der Waals surface area (Å²) in [4.78, 5) is 27.7. The van der Waals surface area contributed by atoms with Gasteiger partial charge in [0, 0.05) is 13.1 Å². The number of hydrogen-bond donors (Lipinski definition) is 2. The highest BCUT2D eigenvalue weighted by Crippen LogP contribution is 2.10. The smallest absolute Gasteiger partial charge is 0.354 e. The first-order chi connectivity index (χ1) is 8.40. The third-order valence-corrected chi connectivity index (χ3v) is 2.24. The number of nitrogens with zero attached hydrogens (tertiary/aromatic N) is 2. The number of rotatable bonds is 5. The lowest BCUT2D eigenvalue weighted by Gasteiger charge is -2.19. The minimum absolute atomic E-state index is 0.0150. The summed E-state index contributed by atoms with van der Waals surface area (Å²) in [6.07, 6.45) is 1.44. The molecule has 0 aliphatic carbocycles. The molecule has 1 aromatic rings. The lowest BCUT2D eigenvalue weighted by atomic mass is 10.3. The van der Waals surface area contributed by atoms with Crippen LogP contribution in [-0.2, 0) is 4.79 Å². The average molecular weight is 251 g/mol. The quantitative estimate of drug-likeness (QED) is 0.806. The number of aromatic nitrogens is 1. The van der Waals surface area contributed by atoms with Crippen LogP contribution in [0.1, 0.15) is 24.3 Å². The van der Waals surface area contributed by atoms with Gasteiger partial charge in [-0.2, -0.15) is 0 Å². The lowest BCUT2D eigenvalue weighted by molar-refractivity contribution is -0.120. The molecule has 6 heteroatoms. The number of pyridine rings is 1. The lowest BCUT2D eigenvalue weighted by Crippen LogP contribution is -2.38. The summed E-state index contributed by atoms with van der Waals surface area (Å²) in [6.45, 7) is 3.98. The molecule has 1 rings (SSSR count). The zero-order chi connectivity index (χ0) is 13.7. The van der Waals surface area contributed by atoms with E-state index in [1.807, 2.05) is 13.8 Å². The molecule has 0 radical (unpaired) electrons. The van der Waals surface area contributed by atoms with Crippen molar-refractivity contribution in [2.75, 3.05) is 18.5 Å². The Morgan fingerprint density at radius 2 is 2.11 bits per heavy atom. The summed E-state index contributed by atoms with van der Waals surface area (Å²) in [7, 11) is 1.75. The third kappa shape index (κ3) is 4.04. The predicted octanol–water partition coefficient (Wildman–Crippen LogP) is 0.741. The average Bonchev–Trinajstić information content (AvgIpc) is 2.27. The van der Waals surface area contributed by atoms with E-state index < -0.39 is 5.97 Å². The Labute approximate surface area is 106 Å². The standard InChI is InChI=1S/C12H17N3O3/c1-8(2)14-11(16)7-15(3)9-4-5-10(12(17)18)13-6-9/h4-6,8H,7H2,1-3H3,(H,14,16)(H,17,18). The summed E-state index contributed by atoms with van der Waals surface area (Å²) in [6, 6.07) is 3.13. The van der Waals surface area contributed by atoms with Gasteiger partial charge in [0.15, 0.2) is 0 Å². The van der Waals surface area contributed by atoms with Gasteiger partial charge in [0.25, 0.3) is 0 Å². The van der Waals surface area contributed by atoms with E-state index in [1.165, 1.54) is 12.3 Å². The molecule has 0 unspecified atom stereocenters. The fraction of sp³-hybridized carbons (Fsp3) is 0.417. The van der Waals surface area contributed by atoms with Crippen LogP contribution in [0.15, 0.2) is 18.3 Å². The van der Waals surface area contributed by atoms with E-state index in [1.54, 1.807) is 18.0 Å². The van der Waals surface area contributed by atoms with Crippen LogP contribution in [0.25, 0.3) is 0 Å². The van der Waals surface area contributed by atoms with E-state index in [4.69, 9.17) is 5.11 Å². The Bertz CT molecular complexity index is 429. The molecule has 0 saturated carbocycles. The number of hydrogen-bond acceptors (Lipinski definition) is 4. The Hall–Kier alpha value is -2.11. The van der Waals surface area contributed by atoms with Gasteiger partial charge < -0.3 is 15.3 Å². The molecule has 0 atom stereocenters. The summed E-state index contributed by atoms with van der Waals surface area (Å²) in [5.74, 6) is -1.16. The van der Waals surface area contributed by atoms with Crippen molar-refractivity contribution < 1.29 is 14.7 Å². The SMILES string of the molecule is CC(C)NC(=O)CN(C)c1ccc(C(=O)O)nc1. The maximum Gasteiger partial charge on any atom is 0.354 e. The number of amides is 1. The summed E-state index contributed by atoms with van der Waals surface area (Å²) in [5.41, 5.74) is 0.678. The van der Waals surface area contributed by atoms with E-state index in [2.05, 4.69) is 10.3 Å². The van der Waals surface area contributed by atoms with E-state index in [0.717, 1.165) is 0 Å². The maximum absolute atomic E-state index is 11.5. The number of nitrogens with one attached hydrogen (secondary N) is 1. The number of carbonyl (C=O) groups excluding carboxylic acids is 1. The highest BCUT2D eigenvalue weighted by Gasteiger charge is 2.10. The Kier molecular flexibility index (Phi) is 4.65. The van der Waals surface area contributed by atoms with Crippen molar-refractivity contribution in [3.63, 3.8) is 0 Å². The van der Waals surface area contributed by atoms with Crippen molar-refractivity contribution in [1.29, 1.82) is 0 Å².